The average molecular weight is 812 g/mol. The highest BCUT2D eigenvalue weighted by molar-refractivity contribution is 7.25. The van der Waals surface area contributed by atoms with Crippen molar-refractivity contribution in [2.24, 2.45) is 0 Å². The van der Waals surface area contributed by atoms with E-state index in [-0.39, 0.29) is 21.9 Å². The van der Waals surface area contributed by atoms with Crippen molar-refractivity contribution in [3.05, 3.63) is 164 Å². The van der Waals surface area contributed by atoms with Gasteiger partial charge in [-0.1, -0.05) is 149 Å². The molecular formula is C54H27B7N2S. The normalized spacial score (nSPS) is 11.9. The Morgan fingerprint density at radius 1 is 0.344 bits per heavy atom. The molecule has 64 heavy (non-hydrogen) atoms. The third-order valence-corrected chi connectivity index (χ3v) is 14.1. The first-order valence-corrected chi connectivity index (χ1v) is 21.8. The standard InChI is InChI=1S/C54H27B7N2S/c55-46-42(47(56)51(60)53-44(46)45-48(57)49(58)50(59)52(61)54(45)63(53)37-19-9-7-16-32(37)28-12-3-1-4-13-28)30-22-25-38-36(26-30)43-33(29-14-5-2-6-15-29)18-11-20-39(43)62(38)31-23-24-35-34-17-8-10-21-40(34)64-41(35)27-31/h1-27H. The van der Waals surface area contributed by atoms with Crippen LogP contribution in [0.15, 0.2) is 164 Å². The van der Waals surface area contributed by atoms with E-state index in [1.807, 2.05) is 47.0 Å². The van der Waals surface area contributed by atoms with E-state index in [0.29, 0.717) is 43.8 Å². The second-order valence-corrected chi connectivity index (χ2v) is 17.4. The Morgan fingerprint density at radius 3 is 1.72 bits per heavy atom. The Morgan fingerprint density at radius 2 is 0.953 bits per heavy atom. The molecule has 0 N–H and O–H groups in total. The van der Waals surface area contributed by atoms with E-state index in [2.05, 4.69) is 126 Å². The molecule has 0 spiro atoms. The summed E-state index contributed by atoms with van der Waals surface area (Å²) in [6, 6.07) is 56.8. The largest absolute Gasteiger partial charge is 0.310 e. The van der Waals surface area contributed by atoms with Crippen molar-refractivity contribution in [3.8, 4) is 44.8 Å². The van der Waals surface area contributed by atoms with E-state index in [9.17, 15) is 0 Å². The van der Waals surface area contributed by atoms with Gasteiger partial charge in [0.2, 0.25) is 0 Å². The summed E-state index contributed by atoms with van der Waals surface area (Å²) < 4.78 is 6.82. The summed E-state index contributed by atoms with van der Waals surface area (Å²) in [6.07, 6.45) is 0. The Hall–Kier alpha value is -6.75. The van der Waals surface area contributed by atoms with Crippen LogP contribution in [0.25, 0.3) is 109 Å². The number of hydrogen-bond donors (Lipinski definition) is 0. The fourth-order valence-electron chi connectivity index (χ4n) is 9.99. The Balaban J connectivity index is 1.17. The minimum absolute atomic E-state index is 0.174. The van der Waals surface area contributed by atoms with Crippen LogP contribution in [0.2, 0.25) is 0 Å². The number of hydrogen-bond acceptors (Lipinski definition) is 1. The highest BCUT2D eigenvalue weighted by Gasteiger charge is 2.26. The molecular weight excluding hydrogens is 784 g/mol. The van der Waals surface area contributed by atoms with Gasteiger partial charge in [-0.3, -0.25) is 0 Å². The lowest BCUT2D eigenvalue weighted by Crippen LogP contribution is -2.48. The SMILES string of the molecule is [B]c1c([B])c([B])c2c(c1[B])c1c([B])c(-c3ccc4c(c3)c3c(-c5ccccc5)cccc3n4-c3ccc4c(c3)sc3ccccc34)c([B])c([B])c1n2-c1ccccc1-c1ccccc1. The van der Waals surface area contributed by atoms with Crippen LogP contribution in [-0.2, 0) is 0 Å². The van der Waals surface area contributed by atoms with Gasteiger partial charge >= 0.3 is 0 Å². The predicted molar refractivity (Wildman–Crippen MR) is 282 cm³/mol. The molecule has 12 rings (SSSR count). The lowest BCUT2D eigenvalue weighted by atomic mass is 9.64. The quantitative estimate of drug-likeness (QED) is 0.169. The number of rotatable bonds is 5. The van der Waals surface area contributed by atoms with Crippen molar-refractivity contribution in [2.75, 3.05) is 0 Å². The predicted octanol–water partition coefficient (Wildman–Crippen LogP) is 6.81. The van der Waals surface area contributed by atoms with Gasteiger partial charge in [-0.15, -0.1) is 22.3 Å². The minimum Gasteiger partial charge on any atom is -0.310 e. The number of aromatic nitrogens is 2. The van der Waals surface area contributed by atoms with Gasteiger partial charge in [0.25, 0.3) is 0 Å². The average Bonchev–Trinajstić information content (AvgIpc) is 4.00. The van der Waals surface area contributed by atoms with Crippen molar-refractivity contribution in [1.82, 2.24) is 9.13 Å². The van der Waals surface area contributed by atoms with Gasteiger partial charge in [0, 0.05) is 58.6 Å². The van der Waals surface area contributed by atoms with Gasteiger partial charge in [0.05, 0.1) is 16.7 Å². The second kappa shape index (κ2) is 14.7. The Kier molecular flexibility index (Phi) is 8.91. The van der Waals surface area contributed by atoms with Crippen molar-refractivity contribution in [3.63, 3.8) is 0 Å². The summed E-state index contributed by atoms with van der Waals surface area (Å²) in [5.41, 5.74) is 12.5. The molecule has 0 saturated carbocycles. The molecule has 0 fully saturated rings. The Labute approximate surface area is 383 Å². The first-order valence-electron chi connectivity index (χ1n) is 21.0. The molecule has 0 saturated heterocycles. The molecule has 9 aromatic carbocycles. The lowest BCUT2D eigenvalue weighted by molar-refractivity contribution is 1.19. The number of para-hydroxylation sites is 1. The summed E-state index contributed by atoms with van der Waals surface area (Å²) in [7, 11) is 49.2. The van der Waals surface area contributed by atoms with Gasteiger partial charge in [-0.05, 0) is 75.7 Å². The topological polar surface area (TPSA) is 9.86 Å². The zero-order valence-electron chi connectivity index (χ0n) is 34.4. The van der Waals surface area contributed by atoms with Gasteiger partial charge in [0.15, 0.2) is 0 Å². The summed E-state index contributed by atoms with van der Waals surface area (Å²) in [4.78, 5) is 0. The van der Waals surface area contributed by atoms with Crippen LogP contribution in [-0.4, -0.2) is 64.1 Å². The highest BCUT2D eigenvalue weighted by atomic mass is 32.1. The molecule has 14 radical (unpaired) electrons. The van der Waals surface area contributed by atoms with E-state index in [0.717, 1.165) is 61.0 Å². The zero-order chi connectivity index (χ0) is 43.5. The van der Waals surface area contributed by atoms with Crippen LogP contribution in [0.3, 0.4) is 0 Å². The molecule has 280 valence electrons. The third kappa shape index (κ3) is 5.55. The van der Waals surface area contributed by atoms with E-state index < -0.39 is 0 Å². The molecule has 0 aliphatic rings. The Bertz CT molecular complexity index is 3930. The van der Waals surface area contributed by atoms with Crippen molar-refractivity contribution in [2.45, 2.75) is 0 Å². The molecule has 0 amide bonds. The number of benzene rings is 9. The van der Waals surface area contributed by atoms with Gasteiger partial charge in [-0.2, -0.15) is 0 Å². The molecule has 3 aromatic heterocycles. The highest BCUT2D eigenvalue weighted by Crippen LogP contribution is 2.42. The van der Waals surface area contributed by atoms with Crippen LogP contribution < -0.4 is 38.2 Å². The van der Waals surface area contributed by atoms with Crippen LogP contribution in [0.4, 0.5) is 0 Å². The molecule has 0 atom stereocenters. The molecule has 12 aromatic rings. The third-order valence-electron chi connectivity index (χ3n) is 12.9. The van der Waals surface area contributed by atoms with E-state index in [4.69, 9.17) is 54.9 Å². The van der Waals surface area contributed by atoms with Crippen molar-refractivity contribution in [1.29, 1.82) is 0 Å². The van der Waals surface area contributed by atoms with Gasteiger partial charge in [0.1, 0.15) is 54.9 Å². The molecule has 0 aliphatic heterocycles. The number of fused-ring (bicyclic) bond motifs is 9. The molecule has 10 heteroatoms. The number of nitrogens with zero attached hydrogens (tertiary/aromatic N) is 2. The zero-order valence-corrected chi connectivity index (χ0v) is 35.2. The fourth-order valence-corrected chi connectivity index (χ4v) is 11.1. The first kappa shape index (κ1) is 38.9. The summed E-state index contributed by atoms with van der Waals surface area (Å²) >= 11 is 1.81. The van der Waals surface area contributed by atoms with Crippen molar-refractivity contribution < 1.29 is 0 Å². The summed E-state index contributed by atoms with van der Waals surface area (Å²) in [6.45, 7) is 0. The van der Waals surface area contributed by atoms with Gasteiger partial charge < -0.3 is 9.13 Å². The maximum absolute atomic E-state index is 7.47. The maximum Gasteiger partial charge on any atom is 0.115 e. The summed E-state index contributed by atoms with van der Waals surface area (Å²) in [5, 5.41) is 5.77. The fraction of sp³-hybridized carbons (Fsp3) is 0. The first-order chi connectivity index (χ1) is 31.2. The van der Waals surface area contributed by atoms with Crippen LogP contribution >= 0.6 is 11.3 Å². The van der Waals surface area contributed by atoms with Gasteiger partial charge in [-0.25, -0.2) is 0 Å². The smallest absolute Gasteiger partial charge is 0.115 e. The lowest BCUT2D eigenvalue weighted by Gasteiger charge is -2.20. The molecule has 0 aliphatic carbocycles. The van der Waals surface area contributed by atoms with Crippen LogP contribution in [0.1, 0.15) is 0 Å². The maximum atomic E-state index is 7.47. The van der Waals surface area contributed by atoms with Crippen LogP contribution in [0, 0.1) is 0 Å². The van der Waals surface area contributed by atoms with E-state index >= 15 is 0 Å². The number of thiophene rings is 1. The summed E-state index contributed by atoms with van der Waals surface area (Å²) in [5.74, 6) is 0. The van der Waals surface area contributed by atoms with Crippen molar-refractivity contribution >= 4 is 168 Å². The minimum atomic E-state index is 0.174. The van der Waals surface area contributed by atoms with E-state index in [1.54, 1.807) is 11.3 Å². The molecule has 3 heterocycles. The monoisotopic (exact) mass is 812 g/mol. The molecule has 0 unspecified atom stereocenters. The van der Waals surface area contributed by atoms with E-state index in [1.165, 1.54) is 20.2 Å². The molecule has 0 bridgehead atoms. The molecule has 2 nitrogen and oxygen atoms in total. The van der Waals surface area contributed by atoms with Crippen LogP contribution in [0.5, 0.6) is 0 Å². The second-order valence-electron chi connectivity index (χ2n) is 16.3.